The number of para-hydroxylation sites is 1. The molecule has 0 fully saturated rings. The minimum absolute atomic E-state index is 0.00731. The van der Waals surface area contributed by atoms with Crippen LogP contribution in [0.4, 0.5) is 13.2 Å². The van der Waals surface area contributed by atoms with Crippen LogP contribution < -0.4 is 10.5 Å². The number of nitrogens with zero attached hydrogens (tertiary/aromatic N) is 1. The Morgan fingerprint density at radius 2 is 2.00 bits per heavy atom. The van der Waals surface area contributed by atoms with Crippen molar-refractivity contribution in [3.05, 3.63) is 29.8 Å². The number of aliphatic hydroxyl groups is 1. The number of likely N-dealkylation sites (N-methyl/N-ethyl adjacent to an activating group) is 1. The highest BCUT2D eigenvalue weighted by atomic mass is 19.4. The van der Waals surface area contributed by atoms with Crippen molar-refractivity contribution in [2.75, 3.05) is 26.7 Å². The molecule has 1 aromatic carbocycles. The Morgan fingerprint density at radius 1 is 1.33 bits per heavy atom. The van der Waals surface area contributed by atoms with Gasteiger partial charge in [0.2, 0.25) is 0 Å². The zero-order valence-electron chi connectivity index (χ0n) is 11.9. The van der Waals surface area contributed by atoms with Crippen LogP contribution in [0.3, 0.4) is 0 Å². The van der Waals surface area contributed by atoms with Crippen LogP contribution in [0.5, 0.6) is 5.75 Å². The summed E-state index contributed by atoms with van der Waals surface area (Å²) in [5.41, 5.74) is 6.38. The highest BCUT2D eigenvalue weighted by Gasteiger charge is 2.27. The molecule has 21 heavy (non-hydrogen) atoms. The first-order chi connectivity index (χ1) is 9.81. The molecule has 0 saturated heterocycles. The van der Waals surface area contributed by atoms with Gasteiger partial charge in [-0.25, -0.2) is 0 Å². The SMILES string of the molecule is CN(CCC(F)(F)F)CC(O)COc1ccccc1CN. The van der Waals surface area contributed by atoms with Gasteiger partial charge in [0.25, 0.3) is 0 Å². The van der Waals surface area contributed by atoms with Crippen molar-refractivity contribution in [3.63, 3.8) is 0 Å². The molecule has 0 aliphatic carbocycles. The maximum atomic E-state index is 12.1. The first kappa shape index (κ1) is 17.7. The molecule has 0 aromatic heterocycles. The number of halogens is 3. The number of alkyl halides is 3. The lowest BCUT2D eigenvalue weighted by Crippen LogP contribution is -2.35. The molecule has 0 spiro atoms. The average molecular weight is 306 g/mol. The number of hydrogen-bond acceptors (Lipinski definition) is 4. The molecule has 3 N–H and O–H groups in total. The molecule has 0 bridgehead atoms. The largest absolute Gasteiger partial charge is 0.491 e. The number of nitrogens with two attached hydrogens (primary N) is 1. The first-order valence-corrected chi connectivity index (χ1v) is 6.66. The third-order valence-corrected chi connectivity index (χ3v) is 2.92. The molecule has 0 heterocycles. The topological polar surface area (TPSA) is 58.7 Å². The van der Waals surface area contributed by atoms with Gasteiger partial charge < -0.3 is 20.5 Å². The number of hydrogen-bond donors (Lipinski definition) is 2. The minimum Gasteiger partial charge on any atom is -0.491 e. The molecule has 1 aromatic rings. The van der Waals surface area contributed by atoms with Gasteiger partial charge in [0.1, 0.15) is 18.5 Å². The summed E-state index contributed by atoms with van der Waals surface area (Å²) in [6.07, 6.45) is -5.95. The summed E-state index contributed by atoms with van der Waals surface area (Å²) >= 11 is 0. The molecule has 0 aliphatic rings. The number of benzene rings is 1. The van der Waals surface area contributed by atoms with Crippen LogP contribution >= 0.6 is 0 Å². The Hall–Kier alpha value is -1.31. The van der Waals surface area contributed by atoms with Crippen LogP contribution in [-0.4, -0.2) is 49.0 Å². The van der Waals surface area contributed by atoms with Crippen molar-refractivity contribution in [3.8, 4) is 5.75 Å². The van der Waals surface area contributed by atoms with Gasteiger partial charge in [-0.05, 0) is 13.1 Å². The Balaban J connectivity index is 2.35. The van der Waals surface area contributed by atoms with Gasteiger partial charge in [-0.2, -0.15) is 13.2 Å². The van der Waals surface area contributed by atoms with E-state index in [1.165, 1.54) is 11.9 Å². The lowest BCUT2D eigenvalue weighted by atomic mass is 10.2. The van der Waals surface area contributed by atoms with Gasteiger partial charge >= 0.3 is 6.18 Å². The molecular weight excluding hydrogens is 285 g/mol. The summed E-state index contributed by atoms with van der Waals surface area (Å²) in [4.78, 5) is 1.43. The van der Waals surface area contributed by atoms with E-state index in [4.69, 9.17) is 10.5 Å². The van der Waals surface area contributed by atoms with Gasteiger partial charge in [-0.15, -0.1) is 0 Å². The lowest BCUT2D eigenvalue weighted by Gasteiger charge is -2.21. The van der Waals surface area contributed by atoms with Gasteiger partial charge in [-0.3, -0.25) is 0 Å². The van der Waals surface area contributed by atoms with Crippen LogP contribution in [0.25, 0.3) is 0 Å². The number of rotatable bonds is 8. The van der Waals surface area contributed by atoms with Crippen molar-refractivity contribution in [1.29, 1.82) is 0 Å². The van der Waals surface area contributed by atoms with E-state index in [9.17, 15) is 18.3 Å². The monoisotopic (exact) mass is 306 g/mol. The summed E-state index contributed by atoms with van der Waals surface area (Å²) in [5.74, 6) is 0.581. The zero-order valence-corrected chi connectivity index (χ0v) is 11.9. The van der Waals surface area contributed by atoms with E-state index in [-0.39, 0.29) is 19.7 Å². The quantitative estimate of drug-likeness (QED) is 0.768. The van der Waals surface area contributed by atoms with Crippen molar-refractivity contribution >= 4 is 0 Å². The normalized spacial score (nSPS) is 13.5. The smallest absolute Gasteiger partial charge is 0.390 e. The van der Waals surface area contributed by atoms with Crippen LogP contribution in [-0.2, 0) is 6.54 Å². The Labute approximate surface area is 122 Å². The molecule has 7 heteroatoms. The van der Waals surface area contributed by atoms with Crippen LogP contribution in [0, 0.1) is 0 Å². The second-order valence-electron chi connectivity index (χ2n) is 4.90. The third-order valence-electron chi connectivity index (χ3n) is 2.92. The number of aliphatic hydroxyl groups excluding tert-OH is 1. The molecule has 0 amide bonds. The molecule has 1 atom stereocenters. The van der Waals surface area contributed by atoms with E-state index in [1.54, 1.807) is 12.1 Å². The molecular formula is C14H21F3N2O2. The summed E-state index contributed by atoms with van der Waals surface area (Å²) in [6, 6.07) is 7.17. The third kappa shape index (κ3) is 7.31. The van der Waals surface area contributed by atoms with Crippen LogP contribution in [0.15, 0.2) is 24.3 Å². The van der Waals surface area contributed by atoms with Crippen LogP contribution in [0.1, 0.15) is 12.0 Å². The summed E-state index contributed by atoms with van der Waals surface area (Å²) in [5, 5.41) is 9.79. The predicted octanol–water partition coefficient (Wildman–Crippen LogP) is 1.77. The second kappa shape index (κ2) is 8.21. The maximum Gasteiger partial charge on any atom is 0.390 e. The summed E-state index contributed by atoms with van der Waals surface area (Å²) in [6.45, 7) is 0.284. The molecule has 0 radical (unpaired) electrons. The second-order valence-corrected chi connectivity index (χ2v) is 4.90. The summed E-state index contributed by atoms with van der Waals surface area (Å²) < 4.78 is 41.7. The van der Waals surface area contributed by atoms with Crippen LogP contribution in [0.2, 0.25) is 0 Å². The molecule has 1 rings (SSSR count). The van der Waals surface area contributed by atoms with Gasteiger partial charge in [0.15, 0.2) is 0 Å². The molecule has 4 nitrogen and oxygen atoms in total. The fourth-order valence-corrected chi connectivity index (χ4v) is 1.82. The van der Waals surface area contributed by atoms with Crippen molar-refractivity contribution in [1.82, 2.24) is 4.90 Å². The van der Waals surface area contributed by atoms with Gasteiger partial charge in [0, 0.05) is 25.2 Å². The standard InChI is InChI=1S/C14H21F3N2O2/c1-19(7-6-14(15,16)17)9-12(20)10-21-13-5-3-2-4-11(13)8-18/h2-5,12,20H,6-10,18H2,1H3. The van der Waals surface area contributed by atoms with E-state index in [0.717, 1.165) is 5.56 Å². The van der Waals surface area contributed by atoms with E-state index in [0.29, 0.717) is 12.3 Å². The molecule has 0 aliphatic heterocycles. The van der Waals surface area contributed by atoms with E-state index >= 15 is 0 Å². The van der Waals surface area contributed by atoms with E-state index < -0.39 is 18.7 Å². The van der Waals surface area contributed by atoms with Crippen molar-refractivity contribution in [2.45, 2.75) is 25.2 Å². The fourth-order valence-electron chi connectivity index (χ4n) is 1.82. The molecule has 120 valence electrons. The highest BCUT2D eigenvalue weighted by Crippen LogP contribution is 2.20. The van der Waals surface area contributed by atoms with E-state index in [1.807, 2.05) is 12.1 Å². The lowest BCUT2D eigenvalue weighted by molar-refractivity contribution is -0.138. The number of ether oxygens (including phenoxy) is 1. The van der Waals surface area contributed by atoms with E-state index in [2.05, 4.69) is 0 Å². The predicted molar refractivity (Wildman–Crippen MR) is 74.0 cm³/mol. The Bertz CT molecular complexity index is 427. The van der Waals surface area contributed by atoms with Crippen molar-refractivity contribution < 1.29 is 23.0 Å². The maximum absolute atomic E-state index is 12.1. The average Bonchev–Trinajstić information content (AvgIpc) is 2.42. The summed E-state index contributed by atoms with van der Waals surface area (Å²) in [7, 11) is 1.53. The van der Waals surface area contributed by atoms with Gasteiger partial charge in [-0.1, -0.05) is 18.2 Å². The zero-order chi connectivity index (χ0) is 15.9. The first-order valence-electron chi connectivity index (χ1n) is 6.66. The Kier molecular flexibility index (Phi) is 6.94. The Morgan fingerprint density at radius 3 is 2.62 bits per heavy atom. The molecule has 1 unspecified atom stereocenters. The van der Waals surface area contributed by atoms with Gasteiger partial charge in [0.05, 0.1) is 6.42 Å². The molecule has 0 saturated carbocycles. The minimum atomic E-state index is -4.18. The highest BCUT2D eigenvalue weighted by molar-refractivity contribution is 5.32. The fraction of sp³-hybridized carbons (Fsp3) is 0.571. The van der Waals surface area contributed by atoms with Crippen molar-refractivity contribution in [2.24, 2.45) is 5.73 Å².